The molecule has 2 aromatic carbocycles. The Bertz CT molecular complexity index is 642. The van der Waals surface area contributed by atoms with Crippen LogP contribution in [-0.2, 0) is 4.79 Å². The maximum absolute atomic E-state index is 11.7. The lowest BCUT2D eigenvalue weighted by Crippen LogP contribution is -2.31. The molecule has 6 nitrogen and oxygen atoms in total. The van der Waals surface area contributed by atoms with Gasteiger partial charge in [0.2, 0.25) is 5.91 Å². The van der Waals surface area contributed by atoms with Crippen molar-refractivity contribution in [1.82, 2.24) is 5.32 Å². The van der Waals surface area contributed by atoms with Crippen LogP contribution < -0.4 is 20.7 Å². The van der Waals surface area contributed by atoms with Crippen LogP contribution in [0.5, 0.6) is 5.75 Å². The summed E-state index contributed by atoms with van der Waals surface area (Å²) in [5.41, 5.74) is 1.39. The van der Waals surface area contributed by atoms with Crippen molar-refractivity contribution in [2.24, 2.45) is 0 Å². The van der Waals surface area contributed by atoms with E-state index in [-0.39, 0.29) is 24.9 Å². The van der Waals surface area contributed by atoms with E-state index in [1.54, 1.807) is 31.4 Å². The predicted molar refractivity (Wildman–Crippen MR) is 89.7 cm³/mol. The molecule has 0 aliphatic carbocycles. The Morgan fingerprint density at radius 1 is 0.913 bits per heavy atom. The summed E-state index contributed by atoms with van der Waals surface area (Å²) in [6.07, 6.45) is 0.199. The molecule has 0 heterocycles. The normalized spacial score (nSPS) is 9.78. The Labute approximate surface area is 134 Å². The standard InChI is InChI=1S/C17H19N3O3/c1-23-15-9-7-14(8-10-15)20-17(22)18-12-11-16(21)19-13-5-3-2-4-6-13/h2-10H,11-12H2,1H3,(H,19,21)(H2,18,20,22). The van der Waals surface area contributed by atoms with Gasteiger partial charge in [0.1, 0.15) is 5.75 Å². The van der Waals surface area contributed by atoms with E-state index in [0.29, 0.717) is 11.4 Å². The molecule has 23 heavy (non-hydrogen) atoms. The summed E-state index contributed by atoms with van der Waals surface area (Å²) >= 11 is 0. The largest absolute Gasteiger partial charge is 0.497 e. The second-order valence-corrected chi connectivity index (χ2v) is 4.77. The Balaban J connectivity index is 1.68. The molecule has 0 unspecified atom stereocenters. The van der Waals surface area contributed by atoms with Gasteiger partial charge >= 0.3 is 6.03 Å². The van der Waals surface area contributed by atoms with Crippen molar-refractivity contribution >= 4 is 23.3 Å². The van der Waals surface area contributed by atoms with Crippen molar-refractivity contribution in [3.05, 3.63) is 54.6 Å². The first-order valence-electron chi connectivity index (χ1n) is 7.21. The van der Waals surface area contributed by atoms with Crippen LogP contribution in [0.3, 0.4) is 0 Å². The summed E-state index contributed by atoms with van der Waals surface area (Å²) in [7, 11) is 1.58. The predicted octanol–water partition coefficient (Wildman–Crippen LogP) is 2.85. The minimum absolute atomic E-state index is 0.152. The Kier molecular flexibility index (Phi) is 5.99. The smallest absolute Gasteiger partial charge is 0.319 e. The highest BCUT2D eigenvalue weighted by molar-refractivity contribution is 5.92. The lowest BCUT2D eigenvalue weighted by Gasteiger charge is -2.08. The third kappa shape index (κ3) is 5.70. The fourth-order valence-electron chi connectivity index (χ4n) is 1.88. The van der Waals surface area contributed by atoms with Crippen LogP contribution in [0.25, 0.3) is 0 Å². The molecule has 0 saturated carbocycles. The van der Waals surface area contributed by atoms with E-state index in [1.807, 2.05) is 30.3 Å². The highest BCUT2D eigenvalue weighted by Crippen LogP contribution is 2.14. The van der Waals surface area contributed by atoms with Gasteiger partial charge in [-0.1, -0.05) is 18.2 Å². The zero-order valence-corrected chi connectivity index (χ0v) is 12.8. The molecule has 0 saturated heterocycles. The number of nitrogens with one attached hydrogen (secondary N) is 3. The van der Waals surface area contributed by atoms with Crippen molar-refractivity contribution in [2.75, 3.05) is 24.3 Å². The van der Waals surface area contributed by atoms with Crippen molar-refractivity contribution in [1.29, 1.82) is 0 Å². The Morgan fingerprint density at radius 3 is 2.22 bits per heavy atom. The van der Waals surface area contributed by atoms with Crippen LogP contribution in [0.2, 0.25) is 0 Å². The van der Waals surface area contributed by atoms with Crippen molar-refractivity contribution in [3.63, 3.8) is 0 Å². The summed E-state index contributed by atoms with van der Waals surface area (Å²) in [5, 5.41) is 8.07. The molecule has 0 atom stereocenters. The molecule has 0 aliphatic rings. The van der Waals surface area contributed by atoms with Gasteiger partial charge in [-0.15, -0.1) is 0 Å². The van der Waals surface area contributed by atoms with Gasteiger partial charge in [-0.05, 0) is 36.4 Å². The number of carbonyl (C=O) groups is 2. The number of methoxy groups -OCH3 is 1. The molecule has 120 valence electrons. The Morgan fingerprint density at radius 2 is 1.57 bits per heavy atom. The minimum Gasteiger partial charge on any atom is -0.497 e. The first kappa shape index (κ1) is 16.4. The van der Waals surface area contributed by atoms with Gasteiger partial charge in [0.05, 0.1) is 7.11 Å². The number of hydrogen-bond acceptors (Lipinski definition) is 3. The molecule has 0 spiro atoms. The number of hydrogen-bond donors (Lipinski definition) is 3. The number of anilines is 2. The van der Waals surface area contributed by atoms with Gasteiger partial charge in [-0.25, -0.2) is 4.79 Å². The number of benzene rings is 2. The number of amides is 3. The molecule has 6 heteroatoms. The first-order valence-corrected chi connectivity index (χ1v) is 7.21. The maximum Gasteiger partial charge on any atom is 0.319 e. The fraction of sp³-hybridized carbons (Fsp3) is 0.176. The summed E-state index contributed by atoms with van der Waals surface area (Å²) in [5.74, 6) is 0.564. The van der Waals surface area contributed by atoms with E-state index in [0.717, 1.165) is 5.69 Å². The molecule has 2 aromatic rings. The molecule has 2 rings (SSSR count). The van der Waals surface area contributed by atoms with E-state index >= 15 is 0 Å². The number of carbonyl (C=O) groups excluding carboxylic acids is 2. The first-order chi connectivity index (χ1) is 11.2. The van der Waals surface area contributed by atoms with E-state index in [4.69, 9.17) is 4.74 Å². The van der Waals surface area contributed by atoms with Crippen molar-refractivity contribution < 1.29 is 14.3 Å². The molecular formula is C17H19N3O3. The molecule has 0 fully saturated rings. The van der Waals surface area contributed by atoms with Crippen LogP contribution in [0.15, 0.2) is 54.6 Å². The van der Waals surface area contributed by atoms with E-state index < -0.39 is 0 Å². The minimum atomic E-state index is -0.359. The number of ether oxygens (including phenoxy) is 1. The second-order valence-electron chi connectivity index (χ2n) is 4.77. The van der Waals surface area contributed by atoms with Gasteiger partial charge in [0, 0.05) is 24.3 Å². The van der Waals surface area contributed by atoms with Gasteiger partial charge in [0.25, 0.3) is 0 Å². The number of urea groups is 1. The summed E-state index contributed by atoms with van der Waals surface area (Å²) < 4.78 is 5.04. The lowest BCUT2D eigenvalue weighted by atomic mass is 10.3. The van der Waals surface area contributed by atoms with Crippen LogP contribution in [0.1, 0.15) is 6.42 Å². The average Bonchev–Trinajstić information content (AvgIpc) is 2.56. The van der Waals surface area contributed by atoms with Crippen LogP contribution in [0.4, 0.5) is 16.2 Å². The van der Waals surface area contributed by atoms with Crippen molar-refractivity contribution in [3.8, 4) is 5.75 Å². The molecule has 0 bridgehead atoms. The fourth-order valence-corrected chi connectivity index (χ4v) is 1.88. The van der Waals surface area contributed by atoms with Crippen molar-refractivity contribution in [2.45, 2.75) is 6.42 Å². The Hall–Kier alpha value is -3.02. The molecule has 0 aliphatic heterocycles. The van der Waals surface area contributed by atoms with E-state index in [9.17, 15) is 9.59 Å². The maximum atomic E-state index is 11.7. The topological polar surface area (TPSA) is 79.5 Å². The molecule has 0 radical (unpaired) electrons. The number of rotatable bonds is 6. The highest BCUT2D eigenvalue weighted by Gasteiger charge is 2.05. The van der Waals surface area contributed by atoms with Gasteiger partial charge in [-0.2, -0.15) is 0 Å². The average molecular weight is 313 g/mol. The quantitative estimate of drug-likeness (QED) is 0.767. The SMILES string of the molecule is COc1ccc(NC(=O)NCCC(=O)Nc2ccccc2)cc1. The zero-order chi connectivity index (χ0) is 16.5. The van der Waals surface area contributed by atoms with E-state index in [2.05, 4.69) is 16.0 Å². The van der Waals surface area contributed by atoms with Crippen LogP contribution in [0, 0.1) is 0 Å². The second kappa shape index (κ2) is 8.43. The third-order valence-corrected chi connectivity index (χ3v) is 3.04. The van der Waals surface area contributed by atoms with Gasteiger partial charge in [0.15, 0.2) is 0 Å². The number of para-hydroxylation sites is 1. The van der Waals surface area contributed by atoms with E-state index in [1.165, 1.54) is 0 Å². The molecule has 3 N–H and O–H groups in total. The zero-order valence-electron chi connectivity index (χ0n) is 12.8. The monoisotopic (exact) mass is 313 g/mol. The van der Waals surface area contributed by atoms with Crippen LogP contribution in [-0.4, -0.2) is 25.6 Å². The summed E-state index contributed by atoms with van der Waals surface area (Å²) in [6.45, 7) is 0.251. The molecular weight excluding hydrogens is 294 g/mol. The highest BCUT2D eigenvalue weighted by atomic mass is 16.5. The molecule has 0 aromatic heterocycles. The lowest BCUT2D eigenvalue weighted by molar-refractivity contribution is -0.116. The van der Waals surface area contributed by atoms with Gasteiger partial charge in [-0.3, -0.25) is 4.79 Å². The van der Waals surface area contributed by atoms with Gasteiger partial charge < -0.3 is 20.7 Å². The summed E-state index contributed by atoms with van der Waals surface area (Å²) in [4.78, 5) is 23.4. The van der Waals surface area contributed by atoms with Crippen LogP contribution >= 0.6 is 0 Å². The summed E-state index contributed by atoms with van der Waals surface area (Å²) in [6, 6.07) is 15.8. The molecule has 3 amide bonds. The third-order valence-electron chi connectivity index (χ3n) is 3.04.